The van der Waals surface area contributed by atoms with Gasteiger partial charge < -0.3 is 9.80 Å². The predicted octanol–water partition coefficient (Wildman–Crippen LogP) is 4.32. The summed E-state index contributed by atoms with van der Waals surface area (Å²) >= 11 is 0. The van der Waals surface area contributed by atoms with Crippen LogP contribution < -0.4 is 0 Å². The maximum absolute atomic E-state index is 11.8. The van der Waals surface area contributed by atoms with Crippen LogP contribution in [0.15, 0.2) is 0 Å². The Morgan fingerprint density at radius 2 is 1.61 bits per heavy atom. The van der Waals surface area contributed by atoms with Crippen molar-refractivity contribution in [1.29, 1.82) is 0 Å². The molecule has 0 radical (unpaired) electrons. The Morgan fingerprint density at radius 3 is 2.13 bits per heavy atom. The van der Waals surface area contributed by atoms with Crippen molar-refractivity contribution in [3.05, 3.63) is 0 Å². The van der Waals surface area contributed by atoms with Crippen molar-refractivity contribution in [2.24, 2.45) is 10.8 Å². The molecule has 0 N–H and O–H groups in total. The molecule has 2 aliphatic rings. The Kier molecular flexibility index (Phi) is 6.53. The van der Waals surface area contributed by atoms with E-state index in [9.17, 15) is 4.79 Å². The minimum Gasteiger partial charge on any atom is -0.349 e. The van der Waals surface area contributed by atoms with Gasteiger partial charge in [-0.05, 0) is 62.3 Å². The molecule has 134 valence electrons. The van der Waals surface area contributed by atoms with Crippen molar-refractivity contribution < 1.29 is 4.79 Å². The summed E-state index contributed by atoms with van der Waals surface area (Å²) in [5, 5.41) is 0. The molecule has 1 saturated carbocycles. The van der Waals surface area contributed by atoms with Crippen molar-refractivity contribution in [1.82, 2.24) is 9.80 Å². The molecule has 1 saturated heterocycles. The number of hydrogen-bond acceptors (Lipinski definition) is 2. The lowest BCUT2D eigenvalue weighted by atomic mass is 9.60. The Hall–Kier alpha value is -0.570. The van der Waals surface area contributed by atoms with Crippen LogP contribution in [0.1, 0.15) is 78.1 Å². The van der Waals surface area contributed by atoms with Crippen LogP contribution in [0.5, 0.6) is 0 Å². The summed E-state index contributed by atoms with van der Waals surface area (Å²) in [6.45, 7) is 8.09. The lowest BCUT2D eigenvalue weighted by molar-refractivity contribution is -0.129. The Balaban J connectivity index is 1.83. The third-order valence-electron chi connectivity index (χ3n) is 6.59. The molecule has 2 fully saturated rings. The van der Waals surface area contributed by atoms with E-state index in [4.69, 9.17) is 0 Å². The molecule has 1 heterocycles. The highest BCUT2D eigenvalue weighted by atomic mass is 16.2. The maximum Gasteiger partial charge on any atom is 0.223 e. The second kappa shape index (κ2) is 8.00. The van der Waals surface area contributed by atoms with Crippen LogP contribution >= 0.6 is 0 Å². The normalized spacial score (nSPS) is 23.3. The number of carbonyl (C=O) groups is 1. The molecule has 1 amide bonds. The minimum absolute atomic E-state index is 0.263. The molecule has 2 rings (SSSR count). The van der Waals surface area contributed by atoms with Gasteiger partial charge in [-0.15, -0.1) is 0 Å². The quantitative estimate of drug-likeness (QED) is 0.697. The van der Waals surface area contributed by atoms with Gasteiger partial charge in [-0.3, -0.25) is 4.79 Å². The Labute approximate surface area is 143 Å². The van der Waals surface area contributed by atoms with E-state index < -0.39 is 0 Å². The van der Waals surface area contributed by atoms with E-state index in [0.717, 1.165) is 6.54 Å². The smallest absolute Gasteiger partial charge is 0.223 e. The highest BCUT2D eigenvalue weighted by Gasteiger charge is 2.45. The van der Waals surface area contributed by atoms with Crippen molar-refractivity contribution in [2.75, 3.05) is 33.7 Å². The second-order valence-corrected chi connectivity index (χ2v) is 8.56. The third-order valence-corrected chi connectivity index (χ3v) is 6.59. The van der Waals surface area contributed by atoms with E-state index in [1.54, 1.807) is 4.90 Å². The molecule has 0 atom stereocenters. The number of nitrogens with zero attached hydrogens (tertiary/aromatic N) is 2. The maximum atomic E-state index is 11.8. The number of amides is 1. The lowest BCUT2D eigenvalue weighted by Crippen LogP contribution is -2.37. The van der Waals surface area contributed by atoms with Crippen LogP contribution in [-0.2, 0) is 4.79 Å². The topological polar surface area (TPSA) is 23.6 Å². The van der Waals surface area contributed by atoms with Gasteiger partial charge in [0.15, 0.2) is 0 Å². The highest BCUT2D eigenvalue weighted by molar-refractivity contribution is 5.75. The first-order chi connectivity index (χ1) is 10.9. The lowest BCUT2D eigenvalue weighted by Gasteiger charge is -2.45. The van der Waals surface area contributed by atoms with E-state index in [1.807, 2.05) is 14.1 Å². The molecule has 1 spiro atoms. The molecule has 0 aromatic rings. The van der Waals surface area contributed by atoms with E-state index in [1.165, 1.54) is 70.9 Å². The third kappa shape index (κ3) is 4.71. The second-order valence-electron chi connectivity index (χ2n) is 8.56. The first-order valence-corrected chi connectivity index (χ1v) is 9.87. The molecule has 0 aromatic heterocycles. The molecule has 0 unspecified atom stereocenters. The van der Waals surface area contributed by atoms with Crippen LogP contribution in [0.4, 0.5) is 0 Å². The monoisotopic (exact) mass is 322 g/mol. The van der Waals surface area contributed by atoms with Crippen molar-refractivity contribution in [3.63, 3.8) is 0 Å². The average Bonchev–Trinajstić information content (AvgIpc) is 2.92. The molecule has 3 heteroatoms. The number of hydrogen-bond donors (Lipinski definition) is 0. The molecular formula is C20H38N2O. The summed E-state index contributed by atoms with van der Waals surface area (Å²) in [6.07, 6.45) is 13.3. The van der Waals surface area contributed by atoms with Crippen LogP contribution in [0.2, 0.25) is 0 Å². The fraction of sp³-hybridized carbons (Fsp3) is 0.950. The first-order valence-electron chi connectivity index (χ1n) is 9.87. The summed E-state index contributed by atoms with van der Waals surface area (Å²) in [5.74, 6) is 0.263. The number of likely N-dealkylation sites (tertiary alicyclic amines) is 1. The molecule has 3 nitrogen and oxygen atoms in total. The highest BCUT2D eigenvalue weighted by Crippen LogP contribution is 2.53. The SMILES string of the molecule is CCCC1(CCC)CCC2(CCN(CCC(=O)N(C)C)C2)CC1. The van der Waals surface area contributed by atoms with Gasteiger partial charge in [0, 0.05) is 33.6 Å². The van der Waals surface area contributed by atoms with Gasteiger partial charge in [-0.25, -0.2) is 0 Å². The summed E-state index contributed by atoms with van der Waals surface area (Å²) in [4.78, 5) is 16.1. The van der Waals surface area contributed by atoms with Crippen LogP contribution in [0, 0.1) is 10.8 Å². The average molecular weight is 323 g/mol. The fourth-order valence-electron chi connectivity index (χ4n) is 5.10. The first kappa shape index (κ1) is 18.8. The Bertz CT molecular complexity index is 375. The standard InChI is InChI=1S/C20H38N2O/c1-5-8-19(9-6-2)10-12-20(13-11-19)14-16-22(17-20)15-7-18(23)21(3)4/h5-17H2,1-4H3. The zero-order valence-corrected chi connectivity index (χ0v) is 16.0. The van der Waals surface area contributed by atoms with Crippen LogP contribution in [0.25, 0.3) is 0 Å². The number of carbonyl (C=O) groups excluding carboxylic acids is 1. The van der Waals surface area contributed by atoms with Gasteiger partial charge in [-0.2, -0.15) is 0 Å². The minimum atomic E-state index is 0.263. The zero-order chi connectivity index (χ0) is 16.9. The summed E-state index contributed by atoms with van der Waals surface area (Å²) in [5.41, 5.74) is 1.23. The van der Waals surface area contributed by atoms with Crippen LogP contribution in [-0.4, -0.2) is 49.4 Å². The Morgan fingerprint density at radius 1 is 1.00 bits per heavy atom. The largest absolute Gasteiger partial charge is 0.349 e. The summed E-state index contributed by atoms with van der Waals surface area (Å²) in [7, 11) is 3.71. The predicted molar refractivity (Wildman–Crippen MR) is 97.5 cm³/mol. The molecule has 0 aromatic carbocycles. The molecule has 1 aliphatic carbocycles. The molecule has 1 aliphatic heterocycles. The van der Waals surface area contributed by atoms with Gasteiger partial charge >= 0.3 is 0 Å². The van der Waals surface area contributed by atoms with Gasteiger partial charge in [0.2, 0.25) is 5.91 Å². The van der Waals surface area contributed by atoms with Crippen molar-refractivity contribution in [2.45, 2.75) is 78.1 Å². The summed E-state index contributed by atoms with van der Waals surface area (Å²) in [6, 6.07) is 0. The molecule has 0 bridgehead atoms. The van der Waals surface area contributed by atoms with Gasteiger partial charge in [0.1, 0.15) is 0 Å². The van der Waals surface area contributed by atoms with E-state index in [0.29, 0.717) is 17.3 Å². The number of rotatable bonds is 7. The molecular weight excluding hydrogens is 284 g/mol. The van der Waals surface area contributed by atoms with Crippen molar-refractivity contribution in [3.8, 4) is 0 Å². The zero-order valence-electron chi connectivity index (χ0n) is 16.0. The van der Waals surface area contributed by atoms with E-state index >= 15 is 0 Å². The van der Waals surface area contributed by atoms with Crippen LogP contribution in [0.3, 0.4) is 0 Å². The fourth-order valence-corrected chi connectivity index (χ4v) is 5.10. The molecule has 23 heavy (non-hydrogen) atoms. The van der Waals surface area contributed by atoms with Gasteiger partial charge in [0.25, 0.3) is 0 Å². The van der Waals surface area contributed by atoms with E-state index in [2.05, 4.69) is 18.7 Å². The van der Waals surface area contributed by atoms with E-state index in [-0.39, 0.29) is 5.91 Å². The van der Waals surface area contributed by atoms with Gasteiger partial charge in [-0.1, -0.05) is 26.7 Å². The van der Waals surface area contributed by atoms with Gasteiger partial charge in [0.05, 0.1) is 0 Å². The summed E-state index contributed by atoms with van der Waals surface area (Å²) < 4.78 is 0. The van der Waals surface area contributed by atoms with Crippen molar-refractivity contribution >= 4 is 5.91 Å².